The summed E-state index contributed by atoms with van der Waals surface area (Å²) in [6.45, 7) is 1.91. The van der Waals surface area contributed by atoms with Crippen molar-refractivity contribution in [3.8, 4) is 17.4 Å². The summed E-state index contributed by atoms with van der Waals surface area (Å²) in [4.78, 5) is 4.11. The van der Waals surface area contributed by atoms with Crippen LogP contribution < -0.4 is 15.2 Å². The van der Waals surface area contributed by atoms with Gasteiger partial charge in [-0.2, -0.15) is 0 Å². The lowest BCUT2D eigenvalue weighted by atomic mass is 10.2. The Morgan fingerprint density at radius 3 is 2.53 bits per heavy atom. The molecule has 0 bridgehead atoms. The second-order valence-electron chi connectivity index (χ2n) is 3.60. The van der Waals surface area contributed by atoms with Crippen molar-refractivity contribution < 1.29 is 9.47 Å². The number of methoxy groups -OCH3 is 1. The number of nitrogen functional groups attached to an aromatic ring is 1. The second-order valence-corrected chi connectivity index (χ2v) is 3.60. The van der Waals surface area contributed by atoms with Gasteiger partial charge >= 0.3 is 0 Å². The van der Waals surface area contributed by atoms with Gasteiger partial charge in [-0.3, -0.25) is 0 Å². The quantitative estimate of drug-likeness (QED) is 0.880. The molecule has 0 spiro atoms. The Morgan fingerprint density at radius 2 is 1.82 bits per heavy atom. The van der Waals surface area contributed by atoms with E-state index in [0.717, 1.165) is 5.56 Å². The van der Waals surface area contributed by atoms with Crippen LogP contribution in [-0.4, -0.2) is 12.1 Å². The van der Waals surface area contributed by atoms with Crippen LogP contribution in [0, 0.1) is 6.92 Å². The van der Waals surface area contributed by atoms with E-state index in [2.05, 4.69) is 4.98 Å². The lowest BCUT2D eigenvalue weighted by Gasteiger charge is -2.11. The van der Waals surface area contributed by atoms with E-state index >= 15 is 0 Å². The highest BCUT2D eigenvalue weighted by Crippen LogP contribution is 2.33. The zero-order chi connectivity index (χ0) is 12.3. The van der Waals surface area contributed by atoms with E-state index in [1.807, 2.05) is 37.3 Å². The van der Waals surface area contributed by atoms with Gasteiger partial charge < -0.3 is 15.2 Å². The summed E-state index contributed by atoms with van der Waals surface area (Å²) in [5.41, 5.74) is 7.37. The Hall–Kier alpha value is -2.23. The van der Waals surface area contributed by atoms with Crippen LogP contribution in [0.1, 0.15) is 5.56 Å². The van der Waals surface area contributed by atoms with Crippen LogP contribution in [-0.2, 0) is 0 Å². The molecule has 88 valence electrons. The van der Waals surface area contributed by atoms with Crippen molar-refractivity contribution in [2.75, 3.05) is 12.8 Å². The topological polar surface area (TPSA) is 57.4 Å². The number of pyridine rings is 1. The predicted octanol–water partition coefficient (Wildman–Crippen LogP) is 2.77. The monoisotopic (exact) mass is 230 g/mol. The standard InChI is InChI=1S/C13H14N2O2/c1-9-7-8-15-13(12(9)14)17-11-6-4-3-5-10(11)16-2/h3-8H,14H2,1-2H3. The number of benzene rings is 1. The van der Waals surface area contributed by atoms with Gasteiger partial charge in [0.2, 0.25) is 5.88 Å². The smallest absolute Gasteiger partial charge is 0.243 e. The first kappa shape index (κ1) is 11.3. The zero-order valence-corrected chi connectivity index (χ0v) is 9.81. The minimum absolute atomic E-state index is 0.398. The maximum absolute atomic E-state index is 5.89. The lowest BCUT2D eigenvalue weighted by Crippen LogP contribution is -1.98. The number of anilines is 1. The van der Waals surface area contributed by atoms with Crippen molar-refractivity contribution in [2.45, 2.75) is 6.92 Å². The van der Waals surface area contributed by atoms with Crippen LogP contribution in [0.4, 0.5) is 5.69 Å². The van der Waals surface area contributed by atoms with Gasteiger partial charge in [0.1, 0.15) is 0 Å². The minimum Gasteiger partial charge on any atom is -0.493 e. The molecular formula is C13H14N2O2. The van der Waals surface area contributed by atoms with Crippen LogP contribution in [0.5, 0.6) is 17.4 Å². The number of para-hydroxylation sites is 2. The van der Waals surface area contributed by atoms with Gasteiger partial charge in [0.05, 0.1) is 12.8 Å². The summed E-state index contributed by atoms with van der Waals surface area (Å²) in [5, 5.41) is 0. The highest BCUT2D eigenvalue weighted by atomic mass is 16.5. The molecule has 17 heavy (non-hydrogen) atoms. The second kappa shape index (κ2) is 4.74. The SMILES string of the molecule is COc1ccccc1Oc1nccc(C)c1N. The fourth-order valence-electron chi connectivity index (χ4n) is 1.43. The molecule has 2 aromatic rings. The van der Waals surface area contributed by atoms with Gasteiger partial charge in [0.15, 0.2) is 11.5 Å². The molecule has 0 unspecified atom stereocenters. The van der Waals surface area contributed by atoms with Gasteiger partial charge in [-0.1, -0.05) is 12.1 Å². The third-order valence-electron chi connectivity index (χ3n) is 2.45. The first-order valence-corrected chi connectivity index (χ1v) is 5.24. The molecule has 0 fully saturated rings. The summed E-state index contributed by atoms with van der Waals surface area (Å²) >= 11 is 0. The van der Waals surface area contributed by atoms with Crippen LogP contribution in [0.15, 0.2) is 36.5 Å². The van der Waals surface area contributed by atoms with Gasteiger partial charge in [-0.05, 0) is 30.7 Å². The lowest BCUT2D eigenvalue weighted by molar-refractivity contribution is 0.375. The Balaban J connectivity index is 2.35. The maximum Gasteiger partial charge on any atom is 0.243 e. The first-order valence-electron chi connectivity index (χ1n) is 5.24. The number of nitrogens with two attached hydrogens (primary N) is 1. The Labute approximate surface area is 100 Å². The summed E-state index contributed by atoms with van der Waals surface area (Å²) in [7, 11) is 1.59. The average molecular weight is 230 g/mol. The van der Waals surface area contributed by atoms with E-state index in [4.69, 9.17) is 15.2 Å². The summed E-state index contributed by atoms with van der Waals surface area (Å²) in [5.74, 6) is 1.64. The van der Waals surface area contributed by atoms with Gasteiger partial charge in [-0.15, -0.1) is 0 Å². The zero-order valence-electron chi connectivity index (χ0n) is 9.81. The van der Waals surface area contributed by atoms with Crippen LogP contribution >= 0.6 is 0 Å². The normalized spacial score (nSPS) is 10.0. The van der Waals surface area contributed by atoms with E-state index < -0.39 is 0 Å². The van der Waals surface area contributed by atoms with Crippen LogP contribution in [0.2, 0.25) is 0 Å². The van der Waals surface area contributed by atoms with Crippen molar-refractivity contribution in [3.63, 3.8) is 0 Å². The van der Waals surface area contributed by atoms with E-state index in [-0.39, 0.29) is 0 Å². The van der Waals surface area contributed by atoms with E-state index in [9.17, 15) is 0 Å². The third kappa shape index (κ3) is 2.30. The number of hydrogen-bond donors (Lipinski definition) is 1. The fourth-order valence-corrected chi connectivity index (χ4v) is 1.43. The van der Waals surface area contributed by atoms with E-state index in [1.54, 1.807) is 13.3 Å². The molecule has 0 saturated heterocycles. The van der Waals surface area contributed by atoms with Crippen LogP contribution in [0.25, 0.3) is 0 Å². The van der Waals surface area contributed by atoms with Crippen LogP contribution in [0.3, 0.4) is 0 Å². The molecule has 1 heterocycles. The molecule has 0 aliphatic carbocycles. The molecule has 0 saturated carbocycles. The highest BCUT2D eigenvalue weighted by molar-refractivity contribution is 5.56. The number of aryl methyl sites for hydroxylation is 1. The molecule has 0 amide bonds. The summed E-state index contributed by atoms with van der Waals surface area (Å²) < 4.78 is 10.8. The molecule has 1 aromatic carbocycles. The molecule has 0 aliphatic heterocycles. The Bertz CT molecular complexity index is 527. The average Bonchev–Trinajstić information content (AvgIpc) is 2.35. The minimum atomic E-state index is 0.398. The van der Waals surface area contributed by atoms with E-state index in [0.29, 0.717) is 23.1 Å². The number of aromatic nitrogens is 1. The molecule has 0 atom stereocenters. The Morgan fingerprint density at radius 1 is 1.12 bits per heavy atom. The maximum atomic E-state index is 5.89. The number of ether oxygens (including phenoxy) is 2. The number of rotatable bonds is 3. The highest BCUT2D eigenvalue weighted by Gasteiger charge is 2.09. The van der Waals surface area contributed by atoms with Crippen molar-refractivity contribution in [1.82, 2.24) is 4.98 Å². The molecule has 4 nitrogen and oxygen atoms in total. The molecule has 2 rings (SSSR count). The summed E-state index contributed by atoms with van der Waals surface area (Å²) in [6, 6.07) is 9.20. The first-order chi connectivity index (χ1) is 8.22. The van der Waals surface area contributed by atoms with Gasteiger partial charge in [-0.25, -0.2) is 4.98 Å². The Kier molecular flexibility index (Phi) is 3.14. The predicted molar refractivity (Wildman–Crippen MR) is 66.5 cm³/mol. The van der Waals surface area contributed by atoms with Gasteiger partial charge in [0, 0.05) is 6.20 Å². The van der Waals surface area contributed by atoms with Crippen molar-refractivity contribution in [3.05, 3.63) is 42.1 Å². The molecule has 1 aromatic heterocycles. The molecule has 2 N–H and O–H groups in total. The van der Waals surface area contributed by atoms with Crippen molar-refractivity contribution >= 4 is 5.69 Å². The number of nitrogens with zero attached hydrogens (tertiary/aromatic N) is 1. The number of hydrogen-bond acceptors (Lipinski definition) is 4. The van der Waals surface area contributed by atoms with Gasteiger partial charge in [0.25, 0.3) is 0 Å². The molecule has 0 aliphatic rings. The molecule has 4 heteroatoms. The molecular weight excluding hydrogens is 216 g/mol. The molecule has 0 radical (unpaired) electrons. The van der Waals surface area contributed by atoms with Crippen molar-refractivity contribution in [2.24, 2.45) is 0 Å². The third-order valence-corrected chi connectivity index (χ3v) is 2.45. The fraction of sp³-hybridized carbons (Fsp3) is 0.154. The van der Waals surface area contributed by atoms with E-state index in [1.165, 1.54) is 0 Å². The van der Waals surface area contributed by atoms with Crippen molar-refractivity contribution in [1.29, 1.82) is 0 Å². The summed E-state index contributed by atoms with van der Waals surface area (Å²) in [6.07, 6.45) is 1.66. The largest absolute Gasteiger partial charge is 0.493 e.